The summed E-state index contributed by atoms with van der Waals surface area (Å²) in [6.07, 6.45) is 1.68. The first-order valence-corrected chi connectivity index (χ1v) is 9.65. The van der Waals surface area contributed by atoms with Crippen LogP contribution in [0.4, 0.5) is 14.5 Å². The Balaban J connectivity index is 1.62. The molecule has 2 aromatic heterocycles. The maximum absolute atomic E-state index is 12.7. The van der Waals surface area contributed by atoms with Gasteiger partial charge in [0.2, 0.25) is 5.91 Å². The molecule has 4 rings (SSSR count). The van der Waals surface area contributed by atoms with Gasteiger partial charge in [0, 0.05) is 11.6 Å². The van der Waals surface area contributed by atoms with Crippen molar-refractivity contribution in [2.24, 2.45) is 0 Å². The van der Waals surface area contributed by atoms with Crippen molar-refractivity contribution in [1.82, 2.24) is 14.8 Å². The maximum Gasteiger partial charge on any atom is 0.387 e. The van der Waals surface area contributed by atoms with E-state index in [0.29, 0.717) is 5.65 Å². The smallest absolute Gasteiger partial charge is 0.387 e. The van der Waals surface area contributed by atoms with E-state index in [9.17, 15) is 13.6 Å². The third-order valence-corrected chi connectivity index (χ3v) is 4.81. The molecule has 0 aliphatic rings. The number of carbonyl (C=O) groups excluding carboxylic acids is 1. The summed E-state index contributed by atoms with van der Waals surface area (Å²) in [7, 11) is 0. The Kier molecular flexibility index (Phi) is 5.62. The zero-order valence-corrected chi connectivity index (χ0v) is 17.0. The molecule has 2 heterocycles. The van der Waals surface area contributed by atoms with Gasteiger partial charge in [0.05, 0.1) is 11.4 Å². The van der Waals surface area contributed by atoms with Crippen LogP contribution >= 0.6 is 0 Å². The van der Waals surface area contributed by atoms with Gasteiger partial charge in [-0.2, -0.15) is 13.9 Å². The van der Waals surface area contributed by atoms with Gasteiger partial charge in [-0.15, -0.1) is 0 Å². The Morgan fingerprint density at radius 2 is 1.90 bits per heavy atom. The quantitative estimate of drug-likeness (QED) is 0.477. The number of benzene rings is 2. The Bertz CT molecular complexity index is 1240. The number of aromatic nitrogens is 3. The average molecular weight is 422 g/mol. The van der Waals surface area contributed by atoms with Crippen LogP contribution in [0.5, 0.6) is 5.75 Å². The molecule has 2 aromatic carbocycles. The first-order chi connectivity index (χ1) is 14.9. The second kappa shape index (κ2) is 8.51. The SMILES string of the molecule is Cc1ccc(NC(=O)Cn2nc(C)c3c(-c4ccccc4)ccnc32)c(OC(F)F)c1. The molecule has 0 spiro atoms. The number of alkyl halides is 2. The molecule has 158 valence electrons. The minimum atomic E-state index is -2.99. The molecule has 0 radical (unpaired) electrons. The number of rotatable bonds is 6. The average Bonchev–Trinajstić information content (AvgIpc) is 3.06. The number of halogens is 2. The predicted molar refractivity (Wildman–Crippen MR) is 114 cm³/mol. The van der Waals surface area contributed by atoms with Crippen molar-refractivity contribution in [1.29, 1.82) is 0 Å². The van der Waals surface area contributed by atoms with Gasteiger partial charge >= 0.3 is 6.61 Å². The molecule has 31 heavy (non-hydrogen) atoms. The molecule has 0 atom stereocenters. The topological polar surface area (TPSA) is 69.0 Å². The highest BCUT2D eigenvalue weighted by Gasteiger charge is 2.17. The standard InChI is InChI=1S/C23H20F2N4O2/c1-14-8-9-18(19(12-14)31-23(24)25)27-20(30)13-29-22-21(15(2)28-29)17(10-11-26-22)16-6-4-3-5-7-16/h3-12,23H,13H2,1-2H3,(H,27,30). The van der Waals surface area contributed by atoms with Crippen molar-refractivity contribution < 1.29 is 18.3 Å². The van der Waals surface area contributed by atoms with Gasteiger partial charge in [0.15, 0.2) is 5.65 Å². The Morgan fingerprint density at radius 3 is 2.65 bits per heavy atom. The van der Waals surface area contributed by atoms with Crippen LogP contribution in [0.15, 0.2) is 60.8 Å². The van der Waals surface area contributed by atoms with E-state index in [1.165, 1.54) is 16.8 Å². The molecule has 1 amide bonds. The molecule has 0 saturated carbocycles. The van der Waals surface area contributed by atoms with Crippen LogP contribution in [-0.4, -0.2) is 27.3 Å². The first kappa shape index (κ1) is 20.5. The van der Waals surface area contributed by atoms with Crippen LogP contribution in [0.25, 0.3) is 22.2 Å². The Hall–Kier alpha value is -3.81. The van der Waals surface area contributed by atoms with Crippen LogP contribution in [0.2, 0.25) is 0 Å². The van der Waals surface area contributed by atoms with Crippen molar-refractivity contribution in [3.63, 3.8) is 0 Å². The minimum absolute atomic E-state index is 0.0886. The van der Waals surface area contributed by atoms with E-state index >= 15 is 0 Å². The number of anilines is 1. The van der Waals surface area contributed by atoms with Crippen molar-refractivity contribution in [3.05, 3.63) is 72.1 Å². The van der Waals surface area contributed by atoms with Crippen LogP contribution in [0.1, 0.15) is 11.3 Å². The van der Waals surface area contributed by atoms with E-state index in [2.05, 4.69) is 20.1 Å². The summed E-state index contributed by atoms with van der Waals surface area (Å²) in [6, 6.07) is 16.4. The molecule has 0 fully saturated rings. The second-order valence-electron chi connectivity index (χ2n) is 7.09. The summed E-state index contributed by atoms with van der Waals surface area (Å²) in [5.74, 6) is -0.520. The normalized spacial score (nSPS) is 11.1. The van der Waals surface area contributed by atoms with Gasteiger partial charge in [-0.25, -0.2) is 9.67 Å². The molecule has 0 bridgehead atoms. The van der Waals surface area contributed by atoms with Gasteiger partial charge in [-0.05, 0) is 48.7 Å². The number of hydrogen-bond acceptors (Lipinski definition) is 4. The summed E-state index contributed by atoms with van der Waals surface area (Å²) < 4.78 is 31.5. The van der Waals surface area contributed by atoms with Crippen molar-refractivity contribution in [3.8, 4) is 16.9 Å². The van der Waals surface area contributed by atoms with E-state index in [1.54, 1.807) is 19.2 Å². The lowest BCUT2D eigenvalue weighted by molar-refractivity contribution is -0.116. The van der Waals surface area contributed by atoms with Crippen molar-refractivity contribution in [2.45, 2.75) is 27.0 Å². The van der Waals surface area contributed by atoms with Crippen LogP contribution < -0.4 is 10.1 Å². The molecule has 8 heteroatoms. The number of carbonyl (C=O) groups is 1. The van der Waals surface area contributed by atoms with E-state index in [-0.39, 0.29) is 18.0 Å². The summed E-state index contributed by atoms with van der Waals surface area (Å²) in [5, 5.41) is 7.97. The Morgan fingerprint density at radius 1 is 1.13 bits per heavy atom. The number of amides is 1. The number of nitrogens with zero attached hydrogens (tertiary/aromatic N) is 3. The van der Waals surface area contributed by atoms with Crippen LogP contribution in [-0.2, 0) is 11.3 Å². The number of pyridine rings is 1. The largest absolute Gasteiger partial charge is 0.433 e. The molecular formula is C23H20F2N4O2. The van der Waals surface area contributed by atoms with Gasteiger partial charge in [-0.3, -0.25) is 4.79 Å². The van der Waals surface area contributed by atoms with Crippen LogP contribution in [0, 0.1) is 13.8 Å². The molecule has 0 aliphatic heterocycles. The molecule has 0 aliphatic carbocycles. The highest BCUT2D eigenvalue weighted by Crippen LogP contribution is 2.30. The molecule has 0 saturated heterocycles. The second-order valence-corrected chi connectivity index (χ2v) is 7.09. The van der Waals surface area contributed by atoms with Gasteiger partial charge in [0.1, 0.15) is 12.3 Å². The lowest BCUT2D eigenvalue weighted by atomic mass is 10.0. The summed E-state index contributed by atoms with van der Waals surface area (Å²) in [6.45, 7) is 0.492. The summed E-state index contributed by atoms with van der Waals surface area (Å²) in [5.41, 5.74) is 4.21. The van der Waals surface area contributed by atoms with Gasteiger partial charge in [0.25, 0.3) is 0 Å². The fourth-order valence-electron chi connectivity index (χ4n) is 3.50. The van der Waals surface area contributed by atoms with Gasteiger partial charge in [-0.1, -0.05) is 36.4 Å². The predicted octanol–water partition coefficient (Wildman–Crippen LogP) is 4.96. The third-order valence-electron chi connectivity index (χ3n) is 4.81. The molecule has 4 aromatic rings. The van der Waals surface area contributed by atoms with Crippen LogP contribution in [0.3, 0.4) is 0 Å². The number of aryl methyl sites for hydroxylation is 2. The van der Waals surface area contributed by atoms with E-state index in [4.69, 9.17) is 0 Å². The van der Waals surface area contributed by atoms with Gasteiger partial charge < -0.3 is 10.1 Å². The first-order valence-electron chi connectivity index (χ1n) is 9.65. The summed E-state index contributed by atoms with van der Waals surface area (Å²) >= 11 is 0. The third kappa shape index (κ3) is 4.37. The van der Waals surface area contributed by atoms with E-state index < -0.39 is 12.5 Å². The lowest BCUT2D eigenvalue weighted by Gasteiger charge is -2.13. The molecule has 1 N–H and O–H groups in total. The highest BCUT2D eigenvalue weighted by atomic mass is 19.3. The highest BCUT2D eigenvalue weighted by molar-refractivity contribution is 5.96. The Labute approximate surface area is 177 Å². The van der Waals surface area contributed by atoms with E-state index in [1.807, 2.05) is 43.3 Å². The fraction of sp³-hybridized carbons (Fsp3) is 0.174. The summed E-state index contributed by atoms with van der Waals surface area (Å²) in [4.78, 5) is 17.1. The minimum Gasteiger partial charge on any atom is -0.433 e. The molecule has 6 nitrogen and oxygen atoms in total. The maximum atomic E-state index is 12.7. The van der Waals surface area contributed by atoms with Crippen molar-refractivity contribution in [2.75, 3.05) is 5.32 Å². The number of ether oxygens (including phenoxy) is 1. The lowest BCUT2D eigenvalue weighted by Crippen LogP contribution is -2.20. The van der Waals surface area contributed by atoms with Crippen molar-refractivity contribution >= 4 is 22.6 Å². The fourth-order valence-corrected chi connectivity index (χ4v) is 3.50. The van der Waals surface area contributed by atoms with E-state index in [0.717, 1.165) is 27.8 Å². The zero-order chi connectivity index (χ0) is 22.0. The number of hydrogen-bond donors (Lipinski definition) is 1. The number of fused-ring (bicyclic) bond motifs is 1. The number of nitrogens with one attached hydrogen (secondary N) is 1. The zero-order valence-electron chi connectivity index (χ0n) is 17.0. The monoisotopic (exact) mass is 422 g/mol. The molecular weight excluding hydrogens is 402 g/mol. The molecule has 0 unspecified atom stereocenters.